The fourth-order valence-electron chi connectivity index (χ4n) is 2.41. The van der Waals surface area contributed by atoms with Crippen LogP contribution in [0.2, 0.25) is 0 Å². The Kier molecular flexibility index (Phi) is 3.58. The summed E-state index contributed by atoms with van der Waals surface area (Å²) in [5, 5.41) is 10.3. The number of benzene rings is 2. The Morgan fingerprint density at radius 1 is 1.05 bits per heavy atom. The molecule has 0 saturated carbocycles. The normalized spacial score (nSPS) is 15.9. The Bertz CT molecular complexity index is 586. The van der Waals surface area contributed by atoms with Crippen LogP contribution in [-0.4, -0.2) is 18.0 Å². The highest BCUT2D eigenvalue weighted by molar-refractivity contribution is 5.49. The molecule has 0 spiro atoms. The molecule has 0 aliphatic carbocycles. The monoisotopic (exact) mass is 271 g/mol. The van der Waals surface area contributed by atoms with E-state index in [9.17, 15) is 5.11 Å². The fraction of sp³-hybridized carbons (Fsp3) is 0.250. The van der Waals surface area contributed by atoms with Crippen LogP contribution in [0.15, 0.2) is 48.5 Å². The molecule has 0 aromatic heterocycles. The molecule has 0 bridgehead atoms. The predicted octanol–water partition coefficient (Wildman–Crippen LogP) is 2.02. The Labute approximate surface area is 117 Å². The number of hydrogen-bond donors (Lipinski definition) is 2. The molecule has 0 saturated heterocycles. The average Bonchev–Trinajstić information content (AvgIpc) is 2.96. The highest BCUT2D eigenvalue weighted by atomic mass is 16.7. The minimum Gasteiger partial charge on any atom is -0.454 e. The topological polar surface area (TPSA) is 64.7 Å². The van der Waals surface area contributed by atoms with E-state index in [1.807, 2.05) is 48.5 Å². The maximum Gasteiger partial charge on any atom is 0.231 e. The summed E-state index contributed by atoms with van der Waals surface area (Å²) in [4.78, 5) is 0. The third-order valence-electron chi connectivity index (χ3n) is 3.49. The molecule has 4 nitrogen and oxygen atoms in total. The number of ether oxygens (including phenoxy) is 2. The lowest BCUT2D eigenvalue weighted by molar-refractivity contribution is 0.141. The van der Waals surface area contributed by atoms with Crippen molar-refractivity contribution in [3.63, 3.8) is 0 Å². The number of para-hydroxylation sites is 1. The fourth-order valence-corrected chi connectivity index (χ4v) is 2.41. The second-order valence-electron chi connectivity index (χ2n) is 4.86. The molecule has 2 aromatic rings. The molecule has 1 heterocycles. The summed E-state index contributed by atoms with van der Waals surface area (Å²) in [5.74, 6) is 1.33. The Morgan fingerprint density at radius 2 is 1.85 bits per heavy atom. The van der Waals surface area contributed by atoms with Gasteiger partial charge in [-0.25, -0.2) is 0 Å². The zero-order valence-electron chi connectivity index (χ0n) is 11.0. The standard InChI is InChI=1S/C16H17NO3/c17-15(13(18)9-11-5-2-1-3-6-11)12-7-4-8-14-16(12)20-10-19-14/h1-8,13,15,18H,9-10,17H2/t13-,15+/m1/s1. The largest absolute Gasteiger partial charge is 0.454 e. The minimum absolute atomic E-state index is 0.202. The van der Waals surface area contributed by atoms with Crippen LogP contribution in [0.4, 0.5) is 0 Å². The Hall–Kier alpha value is -2.04. The van der Waals surface area contributed by atoms with Gasteiger partial charge >= 0.3 is 0 Å². The van der Waals surface area contributed by atoms with E-state index in [1.54, 1.807) is 0 Å². The van der Waals surface area contributed by atoms with Crippen LogP contribution in [0.5, 0.6) is 11.5 Å². The van der Waals surface area contributed by atoms with E-state index >= 15 is 0 Å². The van der Waals surface area contributed by atoms with E-state index in [2.05, 4.69) is 0 Å². The van der Waals surface area contributed by atoms with Crippen LogP contribution in [0.3, 0.4) is 0 Å². The molecular formula is C16H17NO3. The van der Waals surface area contributed by atoms with E-state index < -0.39 is 12.1 Å². The summed E-state index contributed by atoms with van der Waals surface area (Å²) in [6.45, 7) is 0.202. The molecule has 3 N–H and O–H groups in total. The van der Waals surface area contributed by atoms with Gasteiger partial charge in [0.05, 0.1) is 12.1 Å². The SMILES string of the molecule is N[C@@H](c1cccc2c1OCO2)[C@H](O)Cc1ccccc1. The van der Waals surface area contributed by atoms with Gasteiger partial charge in [0.25, 0.3) is 0 Å². The molecular weight excluding hydrogens is 254 g/mol. The van der Waals surface area contributed by atoms with Crippen molar-refractivity contribution >= 4 is 0 Å². The maximum atomic E-state index is 10.3. The first-order valence-corrected chi connectivity index (χ1v) is 6.62. The number of nitrogens with two attached hydrogens (primary N) is 1. The number of hydrogen-bond acceptors (Lipinski definition) is 4. The number of aliphatic hydroxyl groups is 1. The first-order valence-electron chi connectivity index (χ1n) is 6.62. The summed E-state index contributed by atoms with van der Waals surface area (Å²) in [7, 11) is 0. The van der Waals surface area contributed by atoms with Crippen molar-refractivity contribution in [2.24, 2.45) is 5.73 Å². The average molecular weight is 271 g/mol. The molecule has 0 radical (unpaired) electrons. The van der Waals surface area contributed by atoms with Crippen LogP contribution < -0.4 is 15.2 Å². The van der Waals surface area contributed by atoms with Crippen molar-refractivity contribution in [3.05, 3.63) is 59.7 Å². The van der Waals surface area contributed by atoms with Crippen molar-refractivity contribution in [2.75, 3.05) is 6.79 Å². The second-order valence-corrected chi connectivity index (χ2v) is 4.86. The number of rotatable bonds is 4. The van der Waals surface area contributed by atoms with Crippen molar-refractivity contribution < 1.29 is 14.6 Å². The summed E-state index contributed by atoms with van der Waals surface area (Å²) >= 11 is 0. The summed E-state index contributed by atoms with van der Waals surface area (Å²) in [6, 6.07) is 14.9. The van der Waals surface area contributed by atoms with Crippen LogP contribution in [0.1, 0.15) is 17.2 Å². The van der Waals surface area contributed by atoms with Gasteiger partial charge in [0.15, 0.2) is 11.5 Å². The van der Waals surface area contributed by atoms with Crippen molar-refractivity contribution in [1.29, 1.82) is 0 Å². The lowest BCUT2D eigenvalue weighted by atomic mass is 9.96. The molecule has 4 heteroatoms. The molecule has 1 aliphatic rings. The van der Waals surface area contributed by atoms with Crippen LogP contribution in [-0.2, 0) is 6.42 Å². The summed E-state index contributed by atoms with van der Waals surface area (Å²) in [6.07, 6.45) is -0.167. The van der Waals surface area contributed by atoms with Gasteiger partial charge in [-0.05, 0) is 11.6 Å². The molecule has 104 valence electrons. The van der Waals surface area contributed by atoms with Gasteiger partial charge in [0.2, 0.25) is 6.79 Å². The van der Waals surface area contributed by atoms with Crippen molar-refractivity contribution in [1.82, 2.24) is 0 Å². The smallest absolute Gasteiger partial charge is 0.231 e. The highest BCUT2D eigenvalue weighted by Gasteiger charge is 2.25. The predicted molar refractivity (Wildman–Crippen MR) is 75.6 cm³/mol. The van der Waals surface area contributed by atoms with Crippen LogP contribution in [0.25, 0.3) is 0 Å². The van der Waals surface area contributed by atoms with E-state index in [0.717, 1.165) is 11.1 Å². The zero-order valence-corrected chi connectivity index (χ0v) is 11.0. The molecule has 2 atom stereocenters. The van der Waals surface area contributed by atoms with Crippen molar-refractivity contribution in [3.8, 4) is 11.5 Å². The molecule has 0 fully saturated rings. The lowest BCUT2D eigenvalue weighted by Gasteiger charge is -2.20. The molecule has 1 aliphatic heterocycles. The van der Waals surface area contributed by atoms with Gasteiger partial charge in [-0.2, -0.15) is 0 Å². The third-order valence-corrected chi connectivity index (χ3v) is 3.49. The molecule has 3 rings (SSSR count). The first-order chi connectivity index (χ1) is 9.75. The lowest BCUT2D eigenvalue weighted by Crippen LogP contribution is -2.28. The maximum absolute atomic E-state index is 10.3. The summed E-state index contributed by atoms with van der Waals surface area (Å²) in [5.41, 5.74) is 8.01. The molecule has 20 heavy (non-hydrogen) atoms. The van der Waals surface area contributed by atoms with E-state index in [0.29, 0.717) is 17.9 Å². The van der Waals surface area contributed by atoms with E-state index in [-0.39, 0.29) is 6.79 Å². The highest BCUT2D eigenvalue weighted by Crippen LogP contribution is 2.38. The van der Waals surface area contributed by atoms with Crippen LogP contribution >= 0.6 is 0 Å². The number of fused-ring (bicyclic) bond motifs is 1. The van der Waals surface area contributed by atoms with Crippen LogP contribution in [0, 0.1) is 0 Å². The first kappa shape index (κ1) is 13.0. The van der Waals surface area contributed by atoms with Gasteiger partial charge in [-0.3, -0.25) is 0 Å². The van der Waals surface area contributed by atoms with E-state index in [4.69, 9.17) is 15.2 Å². The second kappa shape index (κ2) is 5.53. The Morgan fingerprint density at radius 3 is 2.65 bits per heavy atom. The summed E-state index contributed by atoms with van der Waals surface area (Å²) < 4.78 is 10.8. The van der Waals surface area contributed by atoms with E-state index in [1.165, 1.54) is 0 Å². The van der Waals surface area contributed by atoms with Gasteiger partial charge in [0.1, 0.15) is 0 Å². The zero-order chi connectivity index (χ0) is 13.9. The quantitative estimate of drug-likeness (QED) is 0.893. The van der Waals surface area contributed by atoms with Gasteiger partial charge in [0, 0.05) is 12.0 Å². The van der Waals surface area contributed by atoms with Gasteiger partial charge < -0.3 is 20.3 Å². The van der Waals surface area contributed by atoms with Crippen molar-refractivity contribution in [2.45, 2.75) is 18.6 Å². The van der Waals surface area contributed by atoms with Gasteiger partial charge in [-0.15, -0.1) is 0 Å². The Balaban J connectivity index is 1.79. The molecule has 2 aromatic carbocycles. The third kappa shape index (κ3) is 2.48. The molecule has 0 unspecified atom stereocenters. The minimum atomic E-state index is -0.673. The van der Waals surface area contributed by atoms with Gasteiger partial charge in [-0.1, -0.05) is 42.5 Å². The molecule has 0 amide bonds. The number of aliphatic hydroxyl groups excluding tert-OH is 1.